The third-order valence-corrected chi connectivity index (χ3v) is 5.82. The molecule has 1 heterocycles. The highest BCUT2D eigenvalue weighted by Gasteiger charge is 2.38. The van der Waals surface area contributed by atoms with Gasteiger partial charge in [0.1, 0.15) is 12.1 Å². The number of nitrogens with two attached hydrogens (primary N) is 1. The molecule has 0 aromatic carbocycles. The van der Waals surface area contributed by atoms with Crippen LogP contribution in [0.15, 0.2) is 10.6 Å². The molecule has 0 spiro atoms. The van der Waals surface area contributed by atoms with Crippen molar-refractivity contribution in [3.05, 3.63) is 17.5 Å². The highest BCUT2D eigenvalue weighted by molar-refractivity contribution is 5.88. The number of nitrogens with zero attached hydrogens (tertiary/aromatic N) is 1. The second kappa shape index (κ2) is 16.5. The Morgan fingerprint density at radius 2 is 1.71 bits per heavy atom. The molecule has 0 aliphatic heterocycles. The fourth-order valence-corrected chi connectivity index (χ4v) is 3.89. The number of hydrogen-bond acceptors (Lipinski definition) is 7. The lowest BCUT2D eigenvalue weighted by Gasteiger charge is -2.27. The van der Waals surface area contributed by atoms with Gasteiger partial charge in [-0.3, -0.25) is 4.79 Å². The minimum Gasteiger partial charge on any atom is -0.480 e. The van der Waals surface area contributed by atoms with Gasteiger partial charge in [0.15, 0.2) is 5.76 Å². The molecule has 216 valence electrons. The van der Waals surface area contributed by atoms with Gasteiger partial charge in [-0.1, -0.05) is 37.3 Å². The van der Waals surface area contributed by atoms with Crippen molar-refractivity contribution in [2.24, 2.45) is 11.7 Å². The molecule has 1 saturated carbocycles. The Bertz CT molecular complexity index is 904. The molecule has 0 saturated heterocycles. The van der Waals surface area contributed by atoms with Gasteiger partial charge in [0.05, 0.1) is 12.2 Å². The predicted octanol–water partition coefficient (Wildman–Crippen LogP) is 2.45. The Morgan fingerprint density at radius 1 is 1.11 bits per heavy atom. The van der Waals surface area contributed by atoms with E-state index in [4.69, 9.17) is 20.2 Å². The van der Waals surface area contributed by atoms with E-state index in [1.807, 2.05) is 0 Å². The Hall–Kier alpha value is -3.36. The molecule has 1 fully saturated rings. The maximum Gasteiger partial charge on any atom is 0.490 e. The summed E-state index contributed by atoms with van der Waals surface area (Å²) in [6.07, 6.45) is 2.45. The van der Waals surface area contributed by atoms with Gasteiger partial charge in [0.25, 0.3) is 0 Å². The number of urea groups is 1. The van der Waals surface area contributed by atoms with Gasteiger partial charge in [-0.05, 0) is 45.1 Å². The molecule has 1 aromatic rings. The van der Waals surface area contributed by atoms with E-state index >= 15 is 0 Å². The number of unbranched alkanes of at least 4 members (excludes halogenated alkanes) is 1. The molecule has 0 radical (unpaired) electrons. The molecular formula is C23H36F3N5O7. The lowest BCUT2D eigenvalue weighted by atomic mass is 9.84. The van der Waals surface area contributed by atoms with Gasteiger partial charge < -0.3 is 36.4 Å². The van der Waals surface area contributed by atoms with Crippen molar-refractivity contribution in [2.45, 2.75) is 89.5 Å². The highest BCUT2D eigenvalue weighted by atomic mass is 19.4. The monoisotopic (exact) mass is 551 g/mol. The summed E-state index contributed by atoms with van der Waals surface area (Å²) in [5.41, 5.74) is 6.17. The number of alkyl halides is 3. The van der Waals surface area contributed by atoms with Crippen LogP contribution in [0.4, 0.5) is 18.0 Å². The number of nitrogens with one attached hydrogen (secondary N) is 3. The number of amides is 3. The second-order valence-electron chi connectivity index (χ2n) is 9.04. The maximum absolute atomic E-state index is 12.8. The van der Waals surface area contributed by atoms with E-state index in [0.29, 0.717) is 37.5 Å². The molecular weight excluding hydrogens is 515 g/mol. The number of rotatable bonds is 12. The minimum absolute atomic E-state index is 0.168. The molecule has 2 rings (SSSR count). The standard InChI is InChI=1S/C21H35N5O5.C2HF3O2/c1-14-11-16(31-26-14)13-23-19(27)18(12-15-7-3-2-4-8-15)25-21(30)24-17(20(28)29)9-5-6-10-22;3-2(4,5)1(6)7/h11,15,17-18H,2-10,12-13,22H2,1H3,(H,23,27)(H,28,29)(H2,24,25,30);(H,6,7)/t17-,18+;/m0./s1. The number of carbonyl (C=O) groups is 4. The smallest absolute Gasteiger partial charge is 0.480 e. The van der Waals surface area contributed by atoms with E-state index < -0.39 is 36.2 Å². The Labute approximate surface area is 217 Å². The molecule has 2 atom stereocenters. The van der Waals surface area contributed by atoms with Crippen molar-refractivity contribution in [3.8, 4) is 0 Å². The van der Waals surface area contributed by atoms with Gasteiger partial charge in [-0.15, -0.1) is 0 Å². The van der Waals surface area contributed by atoms with Crippen molar-refractivity contribution in [1.29, 1.82) is 0 Å². The van der Waals surface area contributed by atoms with E-state index in [1.54, 1.807) is 13.0 Å². The fraction of sp³-hybridized carbons (Fsp3) is 0.696. The molecule has 1 aliphatic carbocycles. The second-order valence-corrected chi connectivity index (χ2v) is 9.04. The van der Waals surface area contributed by atoms with Crippen LogP contribution >= 0.6 is 0 Å². The molecule has 12 nitrogen and oxygen atoms in total. The van der Waals surface area contributed by atoms with Crippen LogP contribution < -0.4 is 21.7 Å². The summed E-state index contributed by atoms with van der Waals surface area (Å²) < 4.78 is 36.8. The van der Waals surface area contributed by atoms with Crippen LogP contribution in [0.5, 0.6) is 0 Å². The molecule has 38 heavy (non-hydrogen) atoms. The van der Waals surface area contributed by atoms with Gasteiger partial charge in [-0.2, -0.15) is 13.2 Å². The summed E-state index contributed by atoms with van der Waals surface area (Å²) in [6.45, 7) is 2.42. The SMILES string of the molecule is Cc1cc(CNC(=O)[C@@H](CC2CCCCC2)NC(=O)N[C@@H](CCCCN)C(=O)O)on1.O=C(O)C(F)(F)F. The zero-order chi connectivity index (χ0) is 28.7. The molecule has 1 aliphatic rings. The minimum atomic E-state index is -5.08. The number of hydrogen-bond donors (Lipinski definition) is 6. The van der Waals surface area contributed by atoms with Crippen molar-refractivity contribution in [2.75, 3.05) is 6.54 Å². The first-order valence-electron chi connectivity index (χ1n) is 12.3. The van der Waals surface area contributed by atoms with Crippen LogP contribution in [0.1, 0.15) is 69.2 Å². The summed E-state index contributed by atoms with van der Waals surface area (Å²) >= 11 is 0. The average Bonchev–Trinajstić information content (AvgIpc) is 3.27. The third kappa shape index (κ3) is 13.3. The van der Waals surface area contributed by atoms with Gasteiger partial charge in [0.2, 0.25) is 5.91 Å². The molecule has 7 N–H and O–H groups in total. The largest absolute Gasteiger partial charge is 0.490 e. The quantitative estimate of drug-likeness (QED) is 0.211. The van der Waals surface area contributed by atoms with E-state index in [2.05, 4.69) is 21.1 Å². The summed E-state index contributed by atoms with van der Waals surface area (Å²) in [5, 5.41) is 28.2. The maximum atomic E-state index is 12.8. The summed E-state index contributed by atoms with van der Waals surface area (Å²) in [4.78, 5) is 45.7. The number of carboxylic acid groups (broad SMARTS) is 2. The Kier molecular flexibility index (Phi) is 14.2. The highest BCUT2D eigenvalue weighted by Crippen LogP contribution is 2.27. The molecule has 0 bridgehead atoms. The van der Waals surface area contributed by atoms with Crippen molar-refractivity contribution >= 4 is 23.9 Å². The lowest BCUT2D eigenvalue weighted by Crippen LogP contribution is -2.53. The fourth-order valence-electron chi connectivity index (χ4n) is 3.89. The topological polar surface area (TPSA) is 197 Å². The Balaban J connectivity index is 0.000000905. The number of halogens is 3. The summed E-state index contributed by atoms with van der Waals surface area (Å²) in [6, 6.07) is -0.714. The first kappa shape index (κ1) is 32.7. The average molecular weight is 552 g/mol. The molecule has 3 amide bonds. The van der Waals surface area contributed by atoms with Crippen molar-refractivity contribution in [3.63, 3.8) is 0 Å². The number of aliphatic carboxylic acids is 2. The Morgan fingerprint density at radius 3 is 2.21 bits per heavy atom. The molecule has 1 aromatic heterocycles. The van der Waals surface area contributed by atoms with Crippen molar-refractivity contribution in [1.82, 2.24) is 21.1 Å². The zero-order valence-electron chi connectivity index (χ0n) is 21.2. The summed E-state index contributed by atoms with van der Waals surface area (Å²) in [7, 11) is 0. The number of carboxylic acids is 2. The van der Waals surface area contributed by atoms with Gasteiger partial charge in [0, 0.05) is 6.07 Å². The van der Waals surface area contributed by atoms with Crippen LogP contribution in [0.3, 0.4) is 0 Å². The predicted molar refractivity (Wildman–Crippen MR) is 128 cm³/mol. The van der Waals surface area contributed by atoms with Crippen LogP contribution in [0, 0.1) is 12.8 Å². The van der Waals surface area contributed by atoms with E-state index in [1.165, 1.54) is 6.42 Å². The zero-order valence-corrected chi connectivity index (χ0v) is 21.2. The molecule has 0 unspecified atom stereocenters. The van der Waals surface area contributed by atoms with E-state index in [9.17, 15) is 32.7 Å². The van der Waals surface area contributed by atoms with Gasteiger partial charge in [-0.25, -0.2) is 14.4 Å². The van der Waals surface area contributed by atoms with Crippen LogP contribution in [-0.2, 0) is 20.9 Å². The van der Waals surface area contributed by atoms with E-state index in [-0.39, 0.29) is 18.9 Å². The number of aromatic nitrogens is 1. The molecule has 15 heteroatoms. The number of carbonyl (C=O) groups excluding carboxylic acids is 2. The number of aryl methyl sites for hydroxylation is 1. The van der Waals surface area contributed by atoms with Crippen LogP contribution in [0.2, 0.25) is 0 Å². The van der Waals surface area contributed by atoms with E-state index in [0.717, 1.165) is 31.4 Å². The van der Waals surface area contributed by atoms with Crippen molar-refractivity contribution < 1.29 is 47.1 Å². The van der Waals surface area contributed by atoms with Gasteiger partial charge >= 0.3 is 24.1 Å². The van der Waals surface area contributed by atoms with Crippen LogP contribution in [-0.4, -0.2) is 64.1 Å². The first-order chi connectivity index (χ1) is 17.8. The first-order valence-corrected chi connectivity index (χ1v) is 12.3. The lowest BCUT2D eigenvalue weighted by molar-refractivity contribution is -0.192. The third-order valence-electron chi connectivity index (χ3n) is 5.82. The summed E-state index contributed by atoms with van der Waals surface area (Å²) in [5.74, 6) is -3.33. The van der Waals surface area contributed by atoms with Crippen LogP contribution in [0.25, 0.3) is 0 Å². The normalized spacial score (nSPS) is 15.4.